The second-order valence-electron chi connectivity index (χ2n) is 4.02. The number of aliphatic hydroxyl groups excluding tert-OH is 1. The fraction of sp³-hybridized carbons (Fsp3) is 0.500. The summed E-state index contributed by atoms with van der Waals surface area (Å²) in [5.74, 6) is 0.766. The minimum Gasteiger partial charge on any atom is -0.493 e. The van der Waals surface area contributed by atoms with E-state index in [0.29, 0.717) is 13.0 Å². The normalized spacial score (nSPS) is 13.3. The molecule has 1 rings (SSSR count). The molecule has 17 heavy (non-hydrogen) atoms. The summed E-state index contributed by atoms with van der Waals surface area (Å²) in [5.41, 5.74) is 0. The molecule has 1 aromatic carbocycles. The maximum absolute atomic E-state index is 10.9. The third-order valence-corrected chi connectivity index (χ3v) is 3.26. The smallest absolute Gasteiger partial charge is 0.147 e. The van der Waals surface area contributed by atoms with Crippen molar-refractivity contribution in [3.05, 3.63) is 30.3 Å². The summed E-state index contributed by atoms with van der Waals surface area (Å²) in [7, 11) is -3.00. The van der Waals surface area contributed by atoms with Crippen molar-refractivity contribution < 1.29 is 18.3 Å². The summed E-state index contributed by atoms with van der Waals surface area (Å²) < 4.78 is 27.2. The van der Waals surface area contributed by atoms with E-state index in [0.717, 1.165) is 5.75 Å². The highest BCUT2D eigenvalue weighted by atomic mass is 32.2. The van der Waals surface area contributed by atoms with E-state index in [9.17, 15) is 13.5 Å². The van der Waals surface area contributed by atoms with E-state index >= 15 is 0 Å². The summed E-state index contributed by atoms with van der Waals surface area (Å²) in [5, 5.41) is 9.55. The molecule has 96 valence electrons. The van der Waals surface area contributed by atoms with Gasteiger partial charge in [-0.2, -0.15) is 0 Å². The predicted molar refractivity (Wildman–Crippen MR) is 66.9 cm³/mol. The Morgan fingerprint density at radius 2 is 1.88 bits per heavy atom. The number of benzene rings is 1. The van der Waals surface area contributed by atoms with Crippen LogP contribution >= 0.6 is 0 Å². The van der Waals surface area contributed by atoms with Gasteiger partial charge in [0.1, 0.15) is 15.6 Å². The number of ether oxygens (including phenoxy) is 1. The van der Waals surface area contributed by atoms with Crippen LogP contribution in [0.5, 0.6) is 5.75 Å². The van der Waals surface area contributed by atoms with Gasteiger partial charge in [-0.3, -0.25) is 0 Å². The molecular formula is C12H18O4S. The SMILES string of the molecule is CS(=O)(=O)CCC(O)CCOc1ccccc1. The first-order chi connectivity index (χ1) is 7.97. The van der Waals surface area contributed by atoms with Crippen LogP contribution in [0.2, 0.25) is 0 Å². The van der Waals surface area contributed by atoms with Crippen LogP contribution in [0.25, 0.3) is 0 Å². The summed E-state index contributed by atoms with van der Waals surface area (Å²) in [4.78, 5) is 0. The van der Waals surface area contributed by atoms with Crippen molar-refractivity contribution in [2.75, 3.05) is 18.6 Å². The Kier molecular flexibility index (Phi) is 5.44. The third-order valence-electron chi connectivity index (χ3n) is 2.28. The number of aliphatic hydroxyl groups is 1. The Bertz CT molecular complexity index is 413. The van der Waals surface area contributed by atoms with Crippen LogP contribution in [-0.4, -0.2) is 38.2 Å². The van der Waals surface area contributed by atoms with Crippen LogP contribution in [-0.2, 0) is 9.84 Å². The van der Waals surface area contributed by atoms with Gasteiger partial charge in [-0.15, -0.1) is 0 Å². The van der Waals surface area contributed by atoms with E-state index in [4.69, 9.17) is 4.74 Å². The molecule has 0 aliphatic heterocycles. The van der Waals surface area contributed by atoms with Gasteiger partial charge in [-0.25, -0.2) is 8.42 Å². The summed E-state index contributed by atoms with van der Waals surface area (Å²) in [6, 6.07) is 9.31. The van der Waals surface area contributed by atoms with Crippen LogP contribution in [0.15, 0.2) is 30.3 Å². The van der Waals surface area contributed by atoms with E-state index in [-0.39, 0.29) is 12.2 Å². The number of hydrogen-bond donors (Lipinski definition) is 1. The van der Waals surface area contributed by atoms with Crippen LogP contribution < -0.4 is 4.74 Å². The molecule has 1 aromatic rings. The average molecular weight is 258 g/mol. The molecule has 0 amide bonds. The Balaban J connectivity index is 2.18. The largest absolute Gasteiger partial charge is 0.493 e. The topological polar surface area (TPSA) is 63.6 Å². The molecule has 0 aliphatic rings. The lowest BCUT2D eigenvalue weighted by molar-refractivity contribution is 0.136. The lowest BCUT2D eigenvalue weighted by Crippen LogP contribution is -2.16. The second-order valence-corrected chi connectivity index (χ2v) is 6.28. The Morgan fingerprint density at radius 3 is 2.47 bits per heavy atom. The summed E-state index contributed by atoms with van der Waals surface area (Å²) in [6.07, 6.45) is 1.23. The predicted octanol–water partition coefficient (Wildman–Crippen LogP) is 1.25. The van der Waals surface area contributed by atoms with Gasteiger partial charge in [-0.1, -0.05) is 18.2 Å². The van der Waals surface area contributed by atoms with Gasteiger partial charge >= 0.3 is 0 Å². The molecule has 4 nitrogen and oxygen atoms in total. The van der Waals surface area contributed by atoms with Crippen molar-refractivity contribution in [2.24, 2.45) is 0 Å². The van der Waals surface area contributed by atoms with Crippen LogP contribution in [0, 0.1) is 0 Å². The van der Waals surface area contributed by atoms with Crippen LogP contribution in [0.3, 0.4) is 0 Å². The first-order valence-corrected chi connectivity index (χ1v) is 7.57. The quantitative estimate of drug-likeness (QED) is 0.799. The molecule has 0 aliphatic carbocycles. The van der Waals surface area contributed by atoms with E-state index in [2.05, 4.69) is 0 Å². The fourth-order valence-electron chi connectivity index (χ4n) is 1.32. The lowest BCUT2D eigenvalue weighted by Gasteiger charge is -2.10. The standard InChI is InChI=1S/C12H18O4S/c1-17(14,15)10-8-11(13)7-9-16-12-5-3-2-4-6-12/h2-6,11,13H,7-10H2,1H3. The maximum Gasteiger partial charge on any atom is 0.147 e. The van der Waals surface area contributed by atoms with Gasteiger partial charge in [-0.05, 0) is 18.6 Å². The first kappa shape index (κ1) is 14.0. The van der Waals surface area contributed by atoms with Gasteiger partial charge in [0.15, 0.2) is 0 Å². The van der Waals surface area contributed by atoms with Crippen LogP contribution in [0.1, 0.15) is 12.8 Å². The third kappa shape index (κ3) is 6.97. The zero-order valence-electron chi connectivity index (χ0n) is 9.87. The van der Waals surface area contributed by atoms with Crippen molar-refractivity contribution in [3.63, 3.8) is 0 Å². The van der Waals surface area contributed by atoms with E-state index < -0.39 is 15.9 Å². The van der Waals surface area contributed by atoms with E-state index in [1.165, 1.54) is 6.26 Å². The zero-order valence-corrected chi connectivity index (χ0v) is 10.7. The van der Waals surface area contributed by atoms with Gasteiger partial charge in [0, 0.05) is 12.7 Å². The summed E-state index contributed by atoms with van der Waals surface area (Å²) >= 11 is 0. The van der Waals surface area contributed by atoms with Gasteiger partial charge in [0.2, 0.25) is 0 Å². The van der Waals surface area contributed by atoms with Crippen molar-refractivity contribution in [3.8, 4) is 5.75 Å². The van der Waals surface area contributed by atoms with Crippen molar-refractivity contribution >= 4 is 9.84 Å². The molecule has 0 radical (unpaired) electrons. The Morgan fingerprint density at radius 1 is 1.24 bits per heavy atom. The Labute approximate surface area is 102 Å². The van der Waals surface area contributed by atoms with Gasteiger partial charge in [0.25, 0.3) is 0 Å². The number of para-hydroxylation sites is 1. The average Bonchev–Trinajstić information content (AvgIpc) is 2.27. The number of rotatable bonds is 7. The molecule has 0 saturated heterocycles. The van der Waals surface area contributed by atoms with Crippen molar-refractivity contribution in [1.29, 1.82) is 0 Å². The van der Waals surface area contributed by atoms with Gasteiger partial charge in [0.05, 0.1) is 18.5 Å². The summed E-state index contributed by atoms with van der Waals surface area (Å²) in [6.45, 7) is 0.384. The highest BCUT2D eigenvalue weighted by Crippen LogP contribution is 2.09. The molecule has 1 unspecified atom stereocenters. The highest BCUT2D eigenvalue weighted by Gasteiger charge is 2.09. The monoisotopic (exact) mass is 258 g/mol. The van der Waals surface area contributed by atoms with Crippen LogP contribution in [0.4, 0.5) is 0 Å². The first-order valence-electron chi connectivity index (χ1n) is 5.51. The maximum atomic E-state index is 10.9. The minimum atomic E-state index is -3.00. The molecule has 1 atom stereocenters. The minimum absolute atomic E-state index is 0.0134. The molecule has 0 fully saturated rings. The van der Waals surface area contributed by atoms with Crippen molar-refractivity contribution in [1.82, 2.24) is 0 Å². The second kappa shape index (κ2) is 6.61. The van der Waals surface area contributed by atoms with Crippen molar-refractivity contribution in [2.45, 2.75) is 18.9 Å². The van der Waals surface area contributed by atoms with Gasteiger partial charge < -0.3 is 9.84 Å². The number of sulfone groups is 1. The molecular weight excluding hydrogens is 240 g/mol. The molecule has 0 spiro atoms. The van der Waals surface area contributed by atoms with E-state index in [1.807, 2.05) is 30.3 Å². The fourth-order valence-corrected chi connectivity index (χ4v) is 2.02. The molecule has 1 N–H and O–H groups in total. The molecule has 0 bridgehead atoms. The lowest BCUT2D eigenvalue weighted by atomic mass is 10.2. The molecule has 0 aromatic heterocycles. The molecule has 0 heterocycles. The number of hydrogen-bond acceptors (Lipinski definition) is 4. The highest BCUT2D eigenvalue weighted by molar-refractivity contribution is 7.90. The Hall–Kier alpha value is -1.07. The molecule has 5 heteroatoms. The molecule has 0 saturated carbocycles. The zero-order chi connectivity index (χ0) is 12.7. The van der Waals surface area contributed by atoms with E-state index in [1.54, 1.807) is 0 Å².